The number of nitrogens with zero attached hydrogens (tertiary/aromatic N) is 6. The Hall–Kier alpha value is -2.97. The molecule has 0 fully saturated rings. The first-order valence-electron chi connectivity index (χ1n) is 8.41. The van der Waals surface area contributed by atoms with Crippen LogP contribution in [-0.2, 0) is 0 Å². The topological polar surface area (TPSA) is 78.5 Å². The molecule has 0 N–H and O–H groups in total. The third kappa shape index (κ3) is 3.44. The van der Waals surface area contributed by atoms with Crippen molar-refractivity contribution in [2.75, 3.05) is 0 Å². The highest BCUT2D eigenvalue weighted by molar-refractivity contribution is 7.99. The lowest BCUT2D eigenvalue weighted by Gasteiger charge is -2.10. The lowest BCUT2D eigenvalue weighted by molar-refractivity contribution is 0.750. The van der Waals surface area contributed by atoms with Crippen LogP contribution in [0, 0.1) is 13.8 Å². The summed E-state index contributed by atoms with van der Waals surface area (Å²) in [5.74, 6) is 0. The zero-order valence-electron chi connectivity index (χ0n) is 15.1. The van der Waals surface area contributed by atoms with Crippen molar-refractivity contribution in [2.24, 2.45) is 0 Å². The van der Waals surface area contributed by atoms with E-state index in [-0.39, 0.29) is 5.02 Å². The highest BCUT2D eigenvalue weighted by atomic mass is 35.5. The molecular weight excluding hydrogens is 396 g/mol. The summed E-state index contributed by atoms with van der Waals surface area (Å²) in [5.41, 5.74) is 3.30. The molecule has 0 atom stereocenters. The summed E-state index contributed by atoms with van der Waals surface area (Å²) in [4.78, 5) is 13.1. The molecule has 0 amide bonds. The molecule has 0 unspecified atom stereocenters. The van der Waals surface area contributed by atoms with Crippen LogP contribution in [0.1, 0.15) is 11.1 Å². The van der Waals surface area contributed by atoms with Crippen LogP contribution >= 0.6 is 23.4 Å². The smallest absolute Gasteiger partial charge is 0.266 e. The van der Waals surface area contributed by atoms with Crippen molar-refractivity contribution in [3.8, 4) is 11.4 Å². The summed E-state index contributed by atoms with van der Waals surface area (Å²) in [5, 5.41) is 16.7. The van der Waals surface area contributed by atoms with Crippen molar-refractivity contribution < 1.29 is 0 Å². The van der Waals surface area contributed by atoms with Gasteiger partial charge in [0.05, 0.1) is 22.5 Å². The van der Waals surface area contributed by atoms with Gasteiger partial charge in [-0.2, -0.15) is 14.5 Å². The van der Waals surface area contributed by atoms with Crippen molar-refractivity contribution in [1.29, 1.82) is 0 Å². The van der Waals surface area contributed by atoms with Gasteiger partial charge in [-0.3, -0.25) is 4.79 Å². The summed E-state index contributed by atoms with van der Waals surface area (Å²) in [6.45, 7) is 4.02. The lowest BCUT2D eigenvalue weighted by atomic mass is 10.1. The Morgan fingerprint density at radius 3 is 2.57 bits per heavy atom. The van der Waals surface area contributed by atoms with Gasteiger partial charge >= 0.3 is 0 Å². The van der Waals surface area contributed by atoms with Crippen LogP contribution in [0.5, 0.6) is 0 Å². The molecule has 0 spiro atoms. The molecule has 2 aromatic heterocycles. The second kappa shape index (κ2) is 7.57. The lowest BCUT2D eigenvalue weighted by Crippen LogP contribution is -2.21. The maximum absolute atomic E-state index is 12.7. The first kappa shape index (κ1) is 18.4. The number of rotatable bonds is 4. The predicted molar refractivity (Wildman–Crippen MR) is 108 cm³/mol. The second-order valence-electron chi connectivity index (χ2n) is 6.14. The minimum Gasteiger partial charge on any atom is -0.266 e. The number of para-hydroxylation sites is 1. The summed E-state index contributed by atoms with van der Waals surface area (Å²) in [7, 11) is 0. The normalized spacial score (nSPS) is 11.0. The fourth-order valence-electron chi connectivity index (χ4n) is 2.78. The molecule has 0 saturated carbocycles. The number of hydrogen-bond acceptors (Lipinski definition) is 6. The van der Waals surface area contributed by atoms with E-state index in [9.17, 15) is 4.79 Å². The highest BCUT2D eigenvalue weighted by Crippen LogP contribution is 2.31. The Morgan fingerprint density at radius 2 is 1.82 bits per heavy atom. The van der Waals surface area contributed by atoms with Crippen molar-refractivity contribution >= 4 is 23.4 Å². The third-order valence-electron chi connectivity index (χ3n) is 4.11. The summed E-state index contributed by atoms with van der Waals surface area (Å²) in [6, 6.07) is 15.1. The fourth-order valence-corrected chi connectivity index (χ4v) is 3.79. The molecule has 7 nitrogen and oxygen atoms in total. The molecule has 9 heteroatoms. The third-order valence-corrected chi connectivity index (χ3v) is 5.55. The van der Waals surface area contributed by atoms with Crippen LogP contribution in [0.15, 0.2) is 69.6 Å². The van der Waals surface area contributed by atoms with Crippen molar-refractivity contribution in [3.05, 3.63) is 81.2 Å². The van der Waals surface area contributed by atoms with E-state index in [0.29, 0.717) is 15.7 Å². The second-order valence-corrected chi connectivity index (χ2v) is 7.53. The summed E-state index contributed by atoms with van der Waals surface area (Å²) in [6.07, 6.45) is 1.54. The van der Waals surface area contributed by atoms with Crippen LogP contribution in [0.2, 0.25) is 5.02 Å². The molecule has 0 aliphatic heterocycles. The number of benzene rings is 2. The van der Waals surface area contributed by atoms with E-state index in [1.165, 1.54) is 16.4 Å². The Labute approximate surface area is 170 Å². The minimum absolute atomic E-state index is 0.0685. The van der Waals surface area contributed by atoms with Crippen LogP contribution in [0.25, 0.3) is 11.4 Å². The fraction of sp³-hybridized carbons (Fsp3) is 0.105. The van der Waals surface area contributed by atoms with Crippen LogP contribution < -0.4 is 5.56 Å². The minimum atomic E-state index is -0.400. The molecule has 0 aliphatic carbocycles. The Bertz CT molecular complexity index is 1200. The molecular formula is C19H15ClN6OS. The first-order valence-corrected chi connectivity index (χ1v) is 9.61. The van der Waals surface area contributed by atoms with Gasteiger partial charge in [0.15, 0.2) is 0 Å². The number of aryl methyl sites for hydroxylation is 2. The van der Waals surface area contributed by atoms with Gasteiger partial charge in [-0.05, 0) is 59.8 Å². The van der Waals surface area contributed by atoms with E-state index in [4.69, 9.17) is 11.6 Å². The molecule has 0 aliphatic rings. The largest absolute Gasteiger partial charge is 0.291 e. The summed E-state index contributed by atoms with van der Waals surface area (Å²) >= 11 is 7.54. The van der Waals surface area contributed by atoms with Gasteiger partial charge in [-0.1, -0.05) is 47.5 Å². The molecule has 28 heavy (non-hydrogen) atoms. The summed E-state index contributed by atoms with van der Waals surface area (Å²) < 4.78 is 2.89. The Balaban J connectivity index is 1.71. The number of hydrogen-bond donors (Lipinski definition) is 0. The quantitative estimate of drug-likeness (QED) is 0.511. The van der Waals surface area contributed by atoms with E-state index < -0.39 is 5.56 Å². The van der Waals surface area contributed by atoms with Crippen molar-refractivity contribution in [2.45, 2.75) is 23.9 Å². The van der Waals surface area contributed by atoms with E-state index in [2.05, 4.69) is 26.7 Å². The molecule has 4 aromatic rings. The van der Waals surface area contributed by atoms with Gasteiger partial charge in [0.25, 0.3) is 5.56 Å². The molecule has 4 rings (SSSR count). The van der Waals surface area contributed by atoms with Gasteiger partial charge in [0.2, 0.25) is 5.16 Å². The average molecular weight is 411 g/mol. The molecule has 2 heterocycles. The molecule has 0 radical (unpaired) electrons. The van der Waals surface area contributed by atoms with Crippen LogP contribution in [0.4, 0.5) is 0 Å². The molecule has 140 valence electrons. The van der Waals surface area contributed by atoms with Gasteiger partial charge in [0, 0.05) is 0 Å². The SMILES string of the molecule is Cc1ccc(-n2nnnc2Sc2cnn(-c3ccccc3)c(=O)c2Cl)c(C)c1. The standard InChI is InChI=1S/C19H15ClN6OS/c1-12-8-9-15(13(2)10-12)26-19(22-23-24-26)28-16-11-21-25(18(27)17(16)20)14-6-4-3-5-7-14/h3-11H,1-2H3. The van der Waals surface area contributed by atoms with E-state index in [1.54, 1.807) is 23.0 Å². The van der Waals surface area contributed by atoms with Crippen LogP contribution in [-0.4, -0.2) is 30.0 Å². The first-order chi connectivity index (χ1) is 13.5. The average Bonchev–Trinajstić information content (AvgIpc) is 3.14. The zero-order chi connectivity index (χ0) is 19.7. The van der Waals surface area contributed by atoms with Crippen molar-refractivity contribution in [1.82, 2.24) is 30.0 Å². The van der Waals surface area contributed by atoms with E-state index >= 15 is 0 Å². The van der Waals surface area contributed by atoms with Gasteiger partial charge in [0.1, 0.15) is 5.02 Å². The van der Waals surface area contributed by atoms with Gasteiger partial charge < -0.3 is 0 Å². The van der Waals surface area contributed by atoms with Crippen molar-refractivity contribution in [3.63, 3.8) is 0 Å². The zero-order valence-corrected chi connectivity index (χ0v) is 16.6. The van der Waals surface area contributed by atoms with Crippen LogP contribution in [0.3, 0.4) is 0 Å². The molecule has 2 aromatic carbocycles. The predicted octanol–water partition coefficient (Wildman–Crippen LogP) is 3.63. The number of halogens is 1. The maximum atomic E-state index is 12.7. The molecule has 0 bridgehead atoms. The highest BCUT2D eigenvalue weighted by Gasteiger charge is 2.17. The Morgan fingerprint density at radius 1 is 1.04 bits per heavy atom. The number of aromatic nitrogens is 6. The van der Waals surface area contributed by atoms with E-state index in [0.717, 1.165) is 16.8 Å². The number of tetrazole rings is 1. The van der Waals surface area contributed by atoms with E-state index in [1.807, 2.05) is 44.2 Å². The maximum Gasteiger partial charge on any atom is 0.291 e. The van der Waals surface area contributed by atoms with Gasteiger partial charge in [-0.25, -0.2) is 0 Å². The monoisotopic (exact) mass is 410 g/mol. The van der Waals surface area contributed by atoms with Gasteiger partial charge in [-0.15, -0.1) is 5.10 Å². The molecule has 0 saturated heterocycles. The Kier molecular flexibility index (Phi) is 4.97.